The van der Waals surface area contributed by atoms with Crippen LogP contribution in [0.2, 0.25) is 0 Å². The highest BCUT2D eigenvalue weighted by molar-refractivity contribution is 5.81. The van der Waals surface area contributed by atoms with Gasteiger partial charge in [0, 0.05) is 35.9 Å². The number of hydrogen-bond donors (Lipinski definition) is 3. The van der Waals surface area contributed by atoms with Gasteiger partial charge in [-0.2, -0.15) is 4.98 Å². The third-order valence-electron chi connectivity index (χ3n) is 8.55. The Balaban J connectivity index is 1.38. The Morgan fingerprint density at radius 1 is 1.06 bits per heavy atom. The Labute approximate surface area is 204 Å². The van der Waals surface area contributed by atoms with Crippen molar-refractivity contribution < 1.29 is 5.11 Å². The molecule has 7 nitrogen and oxygen atoms in total. The average molecular weight is 469 g/mol. The minimum atomic E-state index is -0.140. The number of aliphatic hydroxyl groups excluding tert-OH is 1. The maximum absolute atomic E-state index is 10.1. The van der Waals surface area contributed by atoms with Gasteiger partial charge in [-0.1, -0.05) is 13.3 Å². The third kappa shape index (κ3) is 5.26. The molecule has 1 atom stereocenters. The summed E-state index contributed by atoms with van der Waals surface area (Å²) in [6.45, 7) is 9.16. The molecule has 2 saturated heterocycles. The SMILES string of the molecule is CCC[C@H](C)Nc1ncc2c(C3CCN(C4CCNCC4)CC3)cn(C3CCC(O)CC3)c2n1. The predicted molar refractivity (Wildman–Crippen MR) is 138 cm³/mol. The van der Waals surface area contributed by atoms with Crippen LogP contribution in [-0.2, 0) is 0 Å². The van der Waals surface area contributed by atoms with Gasteiger partial charge in [0.1, 0.15) is 5.65 Å². The minimum absolute atomic E-state index is 0.140. The first kappa shape index (κ1) is 24.0. The number of aromatic nitrogens is 3. The zero-order valence-electron chi connectivity index (χ0n) is 21.2. The van der Waals surface area contributed by atoms with Crippen LogP contribution < -0.4 is 10.6 Å². The molecule has 0 bridgehead atoms. The predicted octanol–water partition coefficient (Wildman–Crippen LogP) is 4.44. The molecule has 3 N–H and O–H groups in total. The van der Waals surface area contributed by atoms with Crippen LogP contribution in [0.5, 0.6) is 0 Å². The first-order valence-corrected chi connectivity index (χ1v) is 13.9. The molecule has 0 unspecified atom stereocenters. The standard InChI is InChI=1S/C27H44N6O/c1-3-4-19(2)30-27-29-17-24-25(18-33(26(24)31-27)22-5-7-23(34)8-6-22)20-11-15-32(16-12-20)21-9-13-28-14-10-21/h17-23,28,34H,3-16H2,1-2H3,(H,29,30,31)/t19-,22?,23?/m0/s1. The molecule has 0 amide bonds. The van der Waals surface area contributed by atoms with Gasteiger partial charge in [0.05, 0.1) is 6.10 Å². The number of nitrogens with one attached hydrogen (secondary N) is 2. The van der Waals surface area contributed by atoms with Crippen LogP contribution in [0.3, 0.4) is 0 Å². The Kier molecular flexibility index (Phi) is 7.71. The second-order valence-corrected chi connectivity index (χ2v) is 11.0. The van der Waals surface area contributed by atoms with Gasteiger partial charge in [-0.05, 0) is 102 Å². The summed E-state index contributed by atoms with van der Waals surface area (Å²) in [5.74, 6) is 1.33. The molecule has 1 saturated carbocycles. The number of fused-ring (bicyclic) bond motifs is 1. The van der Waals surface area contributed by atoms with E-state index in [0.717, 1.165) is 56.2 Å². The van der Waals surface area contributed by atoms with Crippen molar-refractivity contribution >= 4 is 17.0 Å². The molecule has 5 rings (SSSR count). The van der Waals surface area contributed by atoms with Crippen LogP contribution in [0.25, 0.3) is 11.0 Å². The summed E-state index contributed by atoms with van der Waals surface area (Å²) in [5.41, 5.74) is 2.53. The second kappa shape index (κ2) is 10.9. The zero-order chi connectivity index (χ0) is 23.5. The molecular weight excluding hydrogens is 424 g/mol. The number of anilines is 1. The van der Waals surface area contributed by atoms with Crippen LogP contribution in [0.1, 0.15) is 95.6 Å². The molecule has 3 fully saturated rings. The lowest BCUT2D eigenvalue weighted by atomic mass is 9.88. The van der Waals surface area contributed by atoms with Gasteiger partial charge in [0.2, 0.25) is 5.95 Å². The third-order valence-corrected chi connectivity index (χ3v) is 8.55. The van der Waals surface area contributed by atoms with E-state index in [2.05, 4.69) is 46.3 Å². The van der Waals surface area contributed by atoms with Crippen LogP contribution >= 0.6 is 0 Å². The van der Waals surface area contributed by atoms with Gasteiger partial charge in [0.15, 0.2) is 0 Å². The number of nitrogens with zero attached hydrogens (tertiary/aromatic N) is 4. The smallest absolute Gasteiger partial charge is 0.224 e. The molecule has 2 aromatic heterocycles. The highest BCUT2D eigenvalue weighted by Crippen LogP contribution is 2.39. The highest BCUT2D eigenvalue weighted by Gasteiger charge is 2.30. The van der Waals surface area contributed by atoms with Crippen LogP contribution in [0.15, 0.2) is 12.4 Å². The summed E-state index contributed by atoms with van der Waals surface area (Å²) in [5, 5.41) is 18.3. The van der Waals surface area contributed by atoms with E-state index in [-0.39, 0.29) is 6.10 Å². The molecule has 3 aliphatic rings. The van der Waals surface area contributed by atoms with E-state index in [1.54, 1.807) is 0 Å². The summed E-state index contributed by atoms with van der Waals surface area (Å²) in [6.07, 6.45) is 15.5. The molecule has 0 spiro atoms. The van der Waals surface area contributed by atoms with E-state index >= 15 is 0 Å². The largest absolute Gasteiger partial charge is 0.393 e. The number of piperidine rings is 2. The van der Waals surface area contributed by atoms with E-state index in [4.69, 9.17) is 9.97 Å². The van der Waals surface area contributed by atoms with E-state index in [0.29, 0.717) is 18.0 Å². The molecular formula is C27H44N6O. The Morgan fingerprint density at radius 2 is 1.79 bits per heavy atom. The van der Waals surface area contributed by atoms with Gasteiger partial charge in [-0.15, -0.1) is 0 Å². The average Bonchev–Trinajstić information content (AvgIpc) is 3.24. The Bertz CT molecular complexity index is 923. The van der Waals surface area contributed by atoms with Gasteiger partial charge in [-0.3, -0.25) is 0 Å². The van der Waals surface area contributed by atoms with Crippen molar-refractivity contribution in [2.24, 2.45) is 0 Å². The Hall–Kier alpha value is -1.70. The number of aliphatic hydroxyl groups is 1. The van der Waals surface area contributed by atoms with E-state index in [1.807, 2.05) is 0 Å². The summed E-state index contributed by atoms with van der Waals surface area (Å²) < 4.78 is 2.44. The fourth-order valence-corrected chi connectivity index (χ4v) is 6.54. The van der Waals surface area contributed by atoms with Gasteiger partial charge < -0.3 is 25.2 Å². The highest BCUT2D eigenvalue weighted by atomic mass is 16.3. The van der Waals surface area contributed by atoms with E-state index in [1.165, 1.54) is 62.8 Å². The summed E-state index contributed by atoms with van der Waals surface area (Å²) in [4.78, 5) is 12.5. The molecule has 2 aliphatic heterocycles. The fraction of sp³-hybridized carbons (Fsp3) is 0.778. The molecule has 0 radical (unpaired) electrons. The molecule has 34 heavy (non-hydrogen) atoms. The molecule has 2 aromatic rings. The topological polar surface area (TPSA) is 78.2 Å². The lowest BCUT2D eigenvalue weighted by molar-refractivity contribution is 0.111. The van der Waals surface area contributed by atoms with Crippen molar-refractivity contribution in [3.8, 4) is 0 Å². The quantitative estimate of drug-likeness (QED) is 0.558. The number of hydrogen-bond acceptors (Lipinski definition) is 6. The van der Waals surface area contributed by atoms with Crippen molar-refractivity contribution in [3.05, 3.63) is 18.0 Å². The van der Waals surface area contributed by atoms with Crippen LogP contribution in [0, 0.1) is 0 Å². The van der Waals surface area contributed by atoms with E-state index in [9.17, 15) is 5.11 Å². The van der Waals surface area contributed by atoms with Gasteiger partial charge in [0.25, 0.3) is 0 Å². The fourth-order valence-electron chi connectivity index (χ4n) is 6.54. The van der Waals surface area contributed by atoms with Crippen molar-refractivity contribution in [2.45, 2.75) is 108 Å². The molecule has 0 aromatic carbocycles. The maximum atomic E-state index is 10.1. The molecule has 4 heterocycles. The maximum Gasteiger partial charge on any atom is 0.224 e. The monoisotopic (exact) mass is 468 g/mol. The minimum Gasteiger partial charge on any atom is -0.393 e. The number of rotatable bonds is 7. The summed E-state index contributed by atoms with van der Waals surface area (Å²) >= 11 is 0. The summed E-state index contributed by atoms with van der Waals surface area (Å²) in [6, 6.07) is 1.55. The van der Waals surface area contributed by atoms with Crippen molar-refractivity contribution in [3.63, 3.8) is 0 Å². The number of likely N-dealkylation sites (tertiary alicyclic amines) is 1. The van der Waals surface area contributed by atoms with Gasteiger partial charge in [-0.25, -0.2) is 4.98 Å². The van der Waals surface area contributed by atoms with Crippen LogP contribution in [-0.4, -0.2) is 68.9 Å². The van der Waals surface area contributed by atoms with Crippen molar-refractivity contribution in [1.29, 1.82) is 0 Å². The lowest BCUT2D eigenvalue weighted by Crippen LogP contribution is -2.46. The zero-order valence-corrected chi connectivity index (χ0v) is 21.2. The molecule has 7 heteroatoms. The van der Waals surface area contributed by atoms with Crippen molar-refractivity contribution in [1.82, 2.24) is 24.8 Å². The van der Waals surface area contributed by atoms with Gasteiger partial charge >= 0.3 is 0 Å². The Morgan fingerprint density at radius 3 is 2.50 bits per heavy atom. The van der Waals surface area contributed by atoms with E-state index < -0.39 is 0 Å². The first-order chi connectivity index (χ1) is 16.6. The molecule has 188 valence electrons. The summed E-state index contributed by atoms with van der Waals surface area (Å²) in [7, 11) is 0. The van der Waals surface area contributed by atoms with Crippen molar-refractivity contribution in [2.75, 3.05) is 31.5 Å². The first-order valence-electron chi connectivity index (χ1n) is 13.9. The molecule has 1 aliphatic carbocycles. The second-order valence-electron chi connectivity index (χ2n) is 11.0. The van der Waals surface area contributed by atoms with Crippen LogP contribution in [0.4, 0.5) is 5.95 Å². The normalized spacial score (nSPS) is 26.7. The lowest BCUT2D eigenvalue weighted by Gasteiger charge is -2.39.